The molecule has 1 aliphatic rings. The van der Waals surface area contributed by atoms with Crippen molar-refractivity contribution in [3.8, 4) is 0 Å². The molecule has 0 aromatic carbocycles. The summed E-state index contributed by atoms with van der Waals surface area (Å²) in [6.45, 7) is 0.167. The zero-order valence-electron chi connectivity index (χ0n) is 10.4. The van der Waals surface area contributed by atoms with Crippen molar-refractivity contribution in [3.05, 3.63) is 11.8 Å². The van der Waals surface area contributed by atoms with E-state index in [9.17, 15) is 18.0 Å². The standard InChI is InChI=1S/C10H14N4O5S/c11-8(15)6-2-1-3-14(5-6)20(18,19)9-7(10(16)17)4-12-13-9/h4,6H,1-3,5H2,(H2,11,15)(H,12,13)(H,16,17). The third-order valence-electron chi connectivity index (χ3n) is 3.22. The van der Waals surface area contributed by atoms with Gasteiger partial charge in [-0.1, -0.05) is 0 Å². The van der Waals surface area contributed by atoms with Gasteiger partial charge in [0.05, 0.1) is 12.1 Å². The maximum absolute atomic E-state index is 12.4. The first kappa shape index (κ1) is 14.5. The Labute approximate surface area is 114 Å². The SMILES string of the molecule is NC(=O)C1CCCN(S(=O)(=O)c2[nH]ncc2C(=O)O)C1. The van der Waals surface area contributed by atoms with Crippen molar-refractivity contribution in [2.24, 2.45) is 11.7 Å². The van der Waals surface area contributed by atoms with Gasteiger partial charge in [-0.15, -0.1) is 0 Å². The van der Waals surface area contributed by atoms with Crippen molar-refractivity contribution in [2.75, 3.05) is 13.1 Å². The molecule has 1 amide bonds. The average molecular weight is 302 g/mol. The summed E-state index contributed by atoms with van der Waals surface area (Å²) in [4.78, 5) is 22.1. The number of carboxylic acids is 1. The van der Waals surface area contributed by atoms with Gasteiger partial charge in [0, 0.05) is 13.1 Å². The normalized spacial score (nSPS) is 20.7. The summed E-state index contributed by atoms with van der Waals surface area (Å²) >= 11 is 0. The number of carbonyl (C=O) groups excluding carboxylic acids is 1. The van der Waals surface area contributed by atoms with Crippen LogP contribution in [0.25, 0.3) is 0 Å². The third-order valence-corrected chi connectivity index (χ3v) is 5.06. The van der Waals surface area contributed by atoms with Crippen molar-refractivity contribution < 1.29 is 23.1 Å². The number of aromatic carboxylic acids is 1. The molecule has 4 N–H and O–H groups in total. The van der Waals surface area contributed by atoms with Gasteiger partial charge in [0.2, 0.25) is 5.91 Å². The van der Waals surface area contributed by atoms with Crippen LogP contribution in [0.1, 0.15) is 23.2 Å². The Morgan fingerprint density at radius 2 is 2.20 bits per heavy atom. The Morgan fingerprint density at radius 1 is 1.50 bits per heavy atom. The van der Waals surface area contributed by atoms with Gasteiger partial charge in [-0.2, -0.15) is 9.40 Å². The molecule has 1 saturated heterocycles. The first-order chi connectivity index (χ1) is 9.34. The second-order valence-electron chi connectivity index (χ2n) is 4.52. The summed E-state index contributed by atoms with van der Waals surface area (Å²) < 4.78 is 25.8. The number of sulfonamides is 1. The van der Waals surface area contributed by atoms with Crippen LogP contribution < -0.4 is 5.73 Å². The number of H-pyrrole nitrogens is 1. The second-order valence-corrected chi connectivity index (χ2v) is 6.40. The van der Waals surface area contributed by atoms with Crippen molar-refractivity contribution >= 4 is 21.9 Å². The molecule has 1 atom stereocenters. The zero-order chi connectivity index (χ0) is 14.9. The van der Waals surface area contributed by atoms with Gasteiger partial charge in [0.15, 0.2) is 5.03 Å². The number of amides is 1. The first-order valence-corrected chi connectivity index (χ1v) is 7.34. The number of hydrogen-bond donors (Lipinski definition) is 3. The molecule has 0 saturated carbocycles. The van der Waals surface area contributed by atoms with Crippen LogP contribution in [0.4, 0.5) is 0 Å². The number of nitrogens with two attached hydrogens (primary N) is 1. The number of nitrogens with zero attached hydrogens (tertiary/aromatic N) is 2. The minimum atomic E-state index is -4.03. The Bertz CT molecular complexity index is 638. The number of primary amides is 1. The van der Waals surface area contributed by atoms with Gasteiger partial charge >= 0.3 is 5.97 Å². The number of piperidine rings is 1. The van der Waals surface area contributed by atoms with E-state index in [1.54, 1.807) is 0 Å². The second kappa shape index (κ2) is 5.21. The minimum absolute atomic E-state index is 0.0459. The molecular formula is C10H14N4O5S. The summed E-state index contributed by atoms with van der Waals surface area (Å²) in [6, 6.07) is 0. The molecule has 1 aliphatic heterocycles. The predicted octanol–water partition coefficient (Wildman–Crippen LogP) is -1.01. The van der Waals surface area contributed by atoms with Gasteiger partial charge in [-0.25, -0.2) is 13.2 Å². The molecule has 0 bridgehead atoms. The molecule has 0 aliphatic carbocycles. The van der Waals surface area contributed by atoms with Crippen LogP contribution in [-0.2, 0) is 14.8 Å². The van der Waals surface area contributed by atoms with E-state index >= 15 is 0 Å². The van der Waals surface area contributed by atoms with E-state index < -0.39 is 38.4 Å². The van der Waals surface area contributed by atoms with Crippen LogP contribution in [0.2, 0.25) is 0 Å². The highest BCUT2D eigenvalue weighted by atomic mass is 32.2. The Morgan fingerprint density at radius 3 is 2.80 bits per heavy atom. The maximum Gasteiger partial charge on any atom is 0.340 e. The van der Waals surface area contributed by atoms with Crippen LogP contribution in [-0.4, -0.2) is 53.0 Å². The molecule has 0 spiro atoms. The largest absolute Gasteiger partial charge is 0.478 e. The number of hydrogen-bond acceptors (Lipinski definition) is 5. The minimum Gasteiger partial charge on any atom is -0.478 e. The number of carboxylic acid groups (broad SMARTS) is 1. The molecule has 1 aromatic heterocycles. The Balaban J connectivity index is 2.32. The van der Waals surface area contributed by atoms with Crippen molar-refractivity contribution in [3.63, 3.8) is 0 Å². The average Bonchev–Trinajstić information content (AvgIpc) is 2.89. The number of rotatable bonds is 4. The van der Waals surface area contributed by atoms with Gasteiger partial charge in [0.25, 0.3) is 10.0 Å². The lowest BCUT2D eigenvalue weighted by atomic mass is 9.99. The molecule has 20 heavy (non-hydrogen) atoms. The van der Waals surface area contributed by atoms with E-state index in [2.05, 4.69) is 10.2 Å². The maximum atomic E-state index is 12.4. The van der Waals surface area contributed by atoms with Crippen molar-refractivity contribution in [1.29, 1.82) is 0 Å². The quantitative estimate of drug-likeness (QED) is 0.649. The number of aromatic amines is 1. The van der Waals surface area contributed by atoms with Gasteiger partial charge < -0.3 is 10.8 Å². The fourth-order valence-electron chi connectivity index (χ4n) is 2.15. The summed E-state index contributed by atoms with van der Waals surface area (Å²) in [5, 5.41) is 14.1. The van der Waals surface area contributed by atoms with Gasteiger partial charge in [-0.05, 0) is 12.8 Å². The molecule has 110 valence electrons. The molecule has 1 aromatic rings. The first-order valence-electron chi connectivity index (χ1n) is 5.90. The molecule has 1 unspecified atom stereocenters. The molecule has 9 nitrogen and oxygen atoms in total. The molecule has 2 heterocycles. The van der Waals surface area contributed by atoms with E-state index in [0.29, 0.717) is 12.8 Å². The summed E-state index contributed by atoms with van der Waals surface area (Å²) in [5.74, 6) is -2.51. The lowest BCUT2D eigenvalue weighted by Gasteiger charge is -2.29. The summed E-state index contributed by atoms with van der Waals surface area (Å²) in [6.07, 6.45) is 1.95. The molecule has 2 rings (SSSR count). The van der Waals surface area contributed by atoms with Crippen LogP contribution in [0.15, 0.2) is 11.2 Å². The van der Waals surface area contributed by atoms with E-state index in [0.717, 1.165) is 10.5 Å². The Kier molecular flexibility index (Phi) is 3.77. The summed E-state index contributed by atoms with van der Waals surface area (Å²) in [7, 11) is -4.03. The number of aromatic nitrogens is 2. The monoisotopic (exact) mass is 302 g/mol. The van der Waals surface area contributed by atoms with Crippen LogP contribution in [0.5, 0.6) is 0 Å². The van der Waals surface area contributed by atoms with Crippen LogP contribution in [0, 0.1) is 5.92 Å². The molecule has 0 radical (unpaired) electrons. The van der Waals surface area contributed by atoms with Crippen molar-refractivity contribution in [1.82, 2.24) is 14.5 Å². The lowest BCUT2D eigenvalue weighted by Crippen LogP contribution is -2.44. The van der Waals surface area contributed by atoms with Gasteiger partial charge in [-0.3, -0.25) is 9.89 Å². The van der Waals surface area contributed by atoms with Crippen molar-refractivity contribution in [2.45, 2.75) is 17.9 Å². The van der Waals surface area contributed by atoms with E-state index in [4.69, 9.17) is 10.8 Å². The Hall–Kier alpha value is -1.94. The third kappa shape index (κ3) is 2.51. The zero-order valence-corrected chi connectivity index (χ0v) is 11.3. The smallest absolute Gasteiger partial charge is 0.340 e. The van der Waals surface area contributed by atoms with Crippen LogP contribution >= 0.6 is 0 Å². The highest BCUT2D eigenvalue weighted by Gasteiger charge is 2.35. The predicted molar refractivity (Wildman–Crippen MR) is 66.2 cm³/mol. The van der Waals surface area contributed by atoms with E-state index in [-0.39, 0.29) is 13.1 Å². The number of carbonyl (C=O) groups is 2. The number of nitrogens with one attached hydrogen (secondary N) is 1. The van der Waals surface area contributed by atoms with Gasteiger partial charge in [0.1, 0.15) is 5.56 Å². The molecule has 1 fully saturated rings. The lowest BCUT2D eigenvalue weighted by molar-refractivity contribution is -0.122. The fraction of sp³-hybridized carbons (Fsp3) is 0.500. The fourth-order valence-corrected chi connectivity index (χ4v) is 3.74. The van der Waals surface area contributed by atoms with E-state index in [1.807, 2.05) is 0 Å². The summed E-state index contributed by atoms with van der Waals surface area (Å²) in [5.41, 5.74) is 4.77. The van der Waals surface area contributed by atoms with Crippen LogP contribution in [0.3, 0.4) is 0 Å². The molecular weight excluding hydrogens is 288 g/mol. The molecule has 10 heteroatoms. The highest BCUT2D eigenvalue weighted by Crippen LogP contribution is 2.24. The van der Waals surface area contributed by atoms with E-state index in [1.165, 1.54) is 0 Å². The topological polar surface area (TPSA) is 146 Å². The highest BCUT2D eigenvalue weighted by molar-refractivity contribution is 7.89.